The van der Waals surface area contributed by atoms with E-state index in [-0.39, 0.29) is 36.3 Å². The van der Waals surface area contributed by atoms with Crippen LogP contribution < -0.4 is 4.74 Å². The molecule has 5 nitrogen and oxygen atoms in total. The highest BCUT2D eigenvalue weighted by molar-refractivity contribution is 7.10. The molecule has 5 rings (SSSR count). The normalized spacial score (nSPS) is 17.2. The second kappa shape index (κ2) is 9.58. The van der Waals surface area contributed by atoms with Crippen LogP contribution in [0.15, 0.2) is 60.0 Å². The van der Waals surface area contributed by atoms with Crippen LogP contribution in [0.4, 0.5) is 4.39 Å². The average Bonchev–Trinajstić information content (AvgIpc) is 3.57. The first kappa shape index (κ1) is 22.6. The second-order valence-corrected chi connectivity index (χ2v) is 9.90. The fourth-order valence-electron chi connectivity index (χ4n) is 4.51. The van der Waals surface area contributed by atoms with Gasteiger partial charge in [-0.2, -0.15) is 0 Å². The van der Waals surface area contributed by atoms with Crippen LogP contribution in [0.25, 0.3) is 0 Å². The highest BCUT2D eigenvalue weighted by Gasteiger charge is 2.38. The van der Waals surface area contributed by atoms with Gasteiger partial charge in [-0.15, -0.1) is 11.3 Å². The maximum absolute atomic E-state index is 13.6. The number of thiophene rings is 1. The van der Waals surface area contributed by atoms with Gasteiger partial charge in [0.2, 0.25) is 5.91 Å². The predicted octanol–water partition coefficient (Wildman–Crippen LogP) is 5.01. The van der Waals surface area contributed by atoms with Crippen molar-refractivity contribution in [1.82, 2.24) is 9.80 Å². The molecule has 1 aromatic heterocycles. The number of hydrogen-bond acceptors (Lipinski definition) is 4. The molecule has 1 saturated carbocycles. The zero-order valence-electron chi connectivity index (χ0n) is 19.1. The topological polar surface area (TPSA) is 49.9 Å². The molecule has 2 aliphatic rings. The summed E-state index contributed by atoms with van der Waals surface area (Å²) in [6.45, 7) is 2.97. The van der Waals surface area contributed by atoms with Crippen molar-refractivity contribution in [2.24, 2.45) is 0 Å². The second-order valence-electron chi connectivity index (χ2n) is 8.90. The highest BCUT2D eigenvalue weighted by atomic mass is 32.1. The van der Waals surface area contributed by atoms with Crippen LogP contribution in [0.5, 0.6) is 5.75 Å². The lowest BCUT2D eigenvalue weighted by Crippen LogP contribution is -2.48. The molecule has 1 fully saturated rings. The van der Waals surface area contributed by atoms with Gasteiger partial charge in [-0.1, -0.05) is 18.2 Å². The van der Waals surface area contributed by atoms with E-state index < -0.39 is 0 Å². The summed E-state index contributed by atoms with van der Waals surface area (Å²) in [7, 11) is 0. The van der Waals surface area contributed by atoms with E-state index in [1.54, 1.807) is 16.2 Å². The molecule has 0 bridgehead atoms. The first-order chi connectivity index (χ1) is 16.5. The summed E-state index contributed by atoms with van der Waals surface area (Å²) in [4.78, 5) is 31.5. The Bertz CT molecular complexity index is 1190. The fourth-order valence-corrected chi connectivity index (χ4v) is 5.44. The number of carbonyl (C=O) groups is 2. The molecule has 3 aromatic rings. The third kappa shape index (κ3) is 4.71. The summed E-state index contributed by atoms with van der Waals surface area (Å²) < 4.78 is 19.5. The molecule has 176 valence electrons. The Hall–Kier alpha value is -3.19. The van der Waals surface area contributed by atoms with Gasteiger partial charge in [-0.05, 0) is 79.1 Å². The first-order valence-corrected chi connectivity index (χ1v) is 12.5. The lowest BCUT2D eigenvalue weighted by Gasteiger charge is -2.37. The van der Waals surface area contributed by atoms with Crippen LogP contribution in [-0.4, -0.2) is 47.4 Å². The summed E-state index contributed by atoms with van der Waals surface area (Å²) in [5.41, 5.74) is 2.58. The smallest absolute Gasteiger partial charge is 0.254 e. The van der Waals surface area contributed by atoms with E-state index in [2.05, 4.69) is 11.4 Å². The zero-order chi connectivity index (χ0) is 23.7. The van der Waals surface area contributed by atoms with Crippen LogP contribution in [0.1, 0.15) is 45.2 Å². The number of amides is 2. The first-order valence-electron chi connectivity index (χ1n) is 11.6. The molecular weight excluding hydrogens is 451 g/mol. The summed E-state index contributed by atoms with van der Waals surface area (Å²) in [5.74, 6) is 0.111. The Labute approximate surface area is 202 Å². The number of nitrogens with zero attached hydrogens (tertiary/aromatic N) is 2. The number of rotatable bonds is 7. The number of benzene rings is 2. The lowest BCUT2D eigenvalue weighted by atomic mass is 10.00. The van der Waals surface area contributed by atoms with E-state index in [0.29, 0.717) is 18.7 Å². The van der Waals surface area contributed by atoms with E-state index >= 15 is 0 Å². The minimum absolute atomic E-state index is 0.0151. The Morgan fingerprint density at radius 1 is 1.12 bits per heavy atom. The largest absolute Gasteiger partial charge is 0.491 e. The van der Waals surface area contributed by atoms with E-state index in [4.69, 9.17) is 4.74 Å². The zero-order valence-corrected chi connectivity index (χ0v) is 19.9. The molecular formula is C27H27FN2O3S. The van der Waals surface area contributed by atoms with Gasteiger partial charge in [0.05, 0.1) is 6.04 Å². The average molecular weight is 479 g/mol. The number of halogens is 1. The van der Waals surface area contributed by atoms with E-state index in [1.165, 1.54) is 29.1 Å². The minimum Gasteiger partial charge on any atom is -0.491 e. The molecule has 2 aromatic carbocycles. The molecule has 1 aliphatic heterocycles. The number of aryl methyl sites for hydroxylation is 1. The molecule has 1 atom stereocenters. The van der Waals surface area contributed by atoms with E-state index in [0.717, 1.165) is 36.1 Å². The summed E-state index contributed by atoms with van der Waals surface area (Å²) in [6.07, 6.45) is 2.57. The molecule has 2 heterocycles. The van der Waals surface area contributed by atoms with Gasteiger partial charge in [0, 0.05) is 23.0 Å². The Balaban J connectivity index is 1.34. The molecule has 1 aliphatic carbocycles. The van der Waals surface area contributed by atoms with Crippen molar-refractivity contribution in [1.29, 1.82) is 0 Å². The van der Waals surface area contributed by atoms with Crippen LogP contribution >= 0.6 is 11.3 Å². The molecule has 0 radical (unpaired) electrons. The van der Waals surface area contributed by atoms with Gasteiger partial charge in [-0.3, -0.25) is 9.59 Å². The molecule has 7 heteroatoms. The fraction of sp³-hybridized carbons (Fsp3) is 0.333. The molecule has 1 unspecified atom stereocenters. The summed E-state index contributed by atoms with van der Waals surface area (Å²) >= 11 is 1.71. The molecule has 0 saturated heterocycles. The number of para-hydroxylation sites is 1. The highest BCUT2D eigenvalue weighted by Crippen LogP contribution is 2.35. The lowest BCUT2D eigenvalue weighted by molar-refractivity contribution is -0.135. The van der Waals surface area contributed by atoms with Crippen LogP contribution in [-0.2, 0) is 11.2 Å². The van der Waals surface area contributed by atoms with Gasteiger partial charge in [0.1, 0.15) is 24.7 Å². The van der Waals surface area contributed by atoms with Crippen LogP contribution in [0.2, 0.25) is 0 Å². The van der Waals surface area contributed by atoms with Crippen molar-refractivity contribution >= 4 is 23.2 Å². The third-order valence-corrected chi connectivity index (χ3v) is 7.55. The maximum atomic E-state index is 13.6. The van der Waals surface area contributed by atoms with Gasteiger partial charge in [-0.25, -0.2) is 4.39 Å². The standard InChI is InChI=1S/C27H27FN2O3S/c1-18-4-2-3-5-24(18)33-17-23-22-13-15-34-25(22)12-14-29(23)26(31)16-30(21-10-11-21)27(32)19-6-8-20(28)9-7-19/h2-9,13,15,21,23H,10-12,14,16-17H2,1H3. The van der Waals surface area contributed by atoms with Crippen molar-refractivity contribution in [3.05, 3.63) is 87.4 Å². The number of fused-ring (bicyclic) bond motifs is 1. The summed E-state index contributed by atoms with van der Waals surface area (Å²) in [6, 6.07) is 15.3. The SMILES string of the molecule is Cc1ccccc1OCC1c2ccsc2CCN1C(=O)CN(C(=O)c1ccc(F)cc1)C1CC1. The van der Waals surface area contributed by atoms with Crippen molar-refractivity contribution in [2.75, 3.05) is 19.7 Å². The molecule has 0 spiro atoms. The Morgan fingerprint density at radius 2 is 1.88 bits per heavy atom. The molecule has 34 heavy (non-hydrogen) atoms. The third-order valence-electron chi connectivity index (χ3n) is 6.55. The van der Waals surface area contributed by atoms with Gasteiger partial charge >= 0.3 is 0 Å². The van der Waals surface area contributed by atoms with Gasteiger partial charge in [0.25, 0.3) is 5.91 Å². The van der Waals surface area contributed by atoms with Crippen LogP contribution in [0.3, 0.4) is 0 Å². The van der Waals surface area contributed by atoms with Gasteiger partial charge in [0.15, 0.2) is 0 Å². The minimum atomic E-state index is -0.387. The summed E-state index contributed by atoms with van der Waals surface area (Å²) in [5, 5.41) is 2.06. The van der Waals surface area contributed by atoms with Crippen molar-refractivity contribution < 1.29 is 18.7 Å². The van der Waals surface area contributed by atoms with E-state index in [1.807, 2.05) is 36.1 Å². The monoisotopic (exact) mass is 478 g/mol. The maximum Gasteiger partial charge on any atom is 0.254 e. The van der Waals surface area contributed by atoms with E-state index in [9.17, 15) is 14.0 Å². The molecule has 0 N–H and O–H groups in total. The quantitative estimate of drug-likeness (QED) is 0.480. The number of hydrogen-bond donors (Lipinski definition) is 0. The molecule has 2 amide bonds. The Morgan fingerprint density at radius 3 is 2.62 bits per heavy atom. The number of ether oxygens (including phenoxy) is 1. The number of carbonyl (C=O) groups excluding carboxylic acids is 2. The predicted molar refractivity (Wildman–Crippen MR) is 130 cm³/mol. The van der Waals surface area contributed by atoms with Crippen molar-refractivity contribution in [2.45, 2.75) is 38.3 Å². The van der Waals surface area contributed by atoms with Crippen molar-refractivity contribution in [3.63, 3.8) is 0 Å². The van der Waals surface area contributed by atoms with Crippen molar-refractivity contribution in [3.8, 4) is 5.75 Å². The van der Waals surface area contributed by atoms with Gasteiger partial charge < -0.3 is 14.5 Å². The van der Waals surface area contributed by atoms with Crippen LogP contribution in [0, 0.1) is 12.7 Å². The Kier molecular flexibility index (Phi) is 6.37.